The van der Waals surface area contributed by atoms with E-state index in [-0.39, 0.29) is 30.5 Å². The first-order valence-electron chi connectivity index (χ1n) is 12.3. The van der Waals surface area contributed by atoms with Gasteiger partial charge in [-0.05, 0) is 54.4 Å². The number of benzene rings is 2. The first-order valence-corrected chi connectivity index (χ1v) is 12.3. The topological polar surface area (TPSA) is 105 Å². The minimum atomic E-state index is -0.795. The van der Waals surface area contributed by atoms with E-state index in [0.717, 1.165) is 24.0 Å². The molecule has 0 heterocycles. The van der Waals surface area contributed by atoms with Crippen molar-refractivity contribution >= 4 is 18.0 Å². The molecule has 7 heteroatoms. The minimum Gasteiger partial charge on any atom is -0.481 e. The molecule has 35 heavy (non-hydrogen) atoms. The summed E-state index contributed by atoms with van der Waals surface area (Å²) in [6.07, 6.45) is 5.09. The van der Waals surface area contributed by atoms with Gasteiger partial charge in [-0.15, -0.1) is 0 Å². The van der Waals surface area contributed by atoms with Crippen molar-refractivity contribution in [2.45, 2.75) is 56.5 Å². The Morgan fingerprint density at radius 2 is 1.60 bits per heavy atom. The fourth-order valence-corrected chi connectivity index (χ4v) is 5.64. The number of fused-ring (bicyclic) bond motifs is 3. The molecule has 3 N–H and O–H groups in total. The van der Waals surface area contributed by atoms with Crippen LogP contribution in [0.5, 0.6) is 0 Å². The van der Waals surface area contributed by atoms with Crippen molar-refractivity contribution in [2.24, 2.45) is 5.92 Å². The largest absolute Gasteiger partial charge is 0.481 e. The van der Waals surface area contributed by atoms with Crippen LogP contribution in [0.15, 0.2) is 60.2 Å². The summed E-state index contributed by atoms with van der Waals surface area (Å²) in [4.78, 5) is 36.5. The Morgan fingerprint density at radius 3 is 2.29 bits per heavy atom. The van der Waals surface area contributed by atoms with Gasteiger partial charge in [0.25, 0.3) is 0 Å². The standard InChI is InChI=1S/C28H30N2O5/c31-26(29-19-7-5-6-18(15-19)27(32)33)17-12-13-20(14-17)30-28(34)35-16-25-23-10-3-1-8-21(23)22-9-2-4-11-24(22)25/h1-4,8-12,18-20,25H,5-7,13-16H2,(H,29,31)(H,30,34)(H,32,33)/t18-,19-,20?/m1/s1. The zero-order chi connectivity index (χ0) is 24.4. The van der Waals surface area contributed by atoms with E-state index in [2.05, 4.69) is 34.9 Å². The minimum absolute atomic E-state index is 0.00122. The lowest BCUT2D eigenvalue weighted by atomic mass is 9.85. The molecular formula is C28H30N2O5. The average molecular weight is 475 g/mol. The number of carbonyl (C=O) groups excluding carboxylic acids is 2. The molecule has 0 saturated heterocycles. The predicted molar refractivity (Wildman–Crippen MR) is 131 cm³/mol. The van der Waals surface area contributed by atoms with Crippen molar-refractivity contribution in [2.75, 3.05) is 6.61 Å². The summed E-state index contributed by atoms with van der Waals surface area (Å²) in [7, 11) is 0. The van der Waals surface area contributed by atoms with Crippen LogP contribution >= 0.6 is 0 Å². The van der Waals surface area contributed by atoms with Gasteiger partial charge in [-0.1, -0.05) is 61.0 Å². The van der Waals surface area contributed by atoms with Gasteiger partial charge in [0.15, 0.2) is 0 Å². The second kappa shape index (κ2) is 9.94. The fourth-order valence-electron chi connectivity index (χ4n) is 5.64. The van der Waals surface area contributed by atoms with Crippen LogP contribution in [0.25, 0.3) is 11.1 Å². The number of alkyl carbamates (subject to hydrolysis) is 1. The Morgan fingerprint density at radius 1 is 0.914 bits per heavy atom. The highest BCUT2D eigenvalue weighted by atomic mass is 16.5. The molecule has 3 aliphatic rings. The molecule has 1 saturated carbocycles. The highest BCUT2D eigenvalue weighted by Gasteiger charge is 2.31. The number of amides is 2. The number of carboxylic acid groups (broad SMARTS) is 1. The molecule has 1 unspecified atom stereocenters. The molecule has 0 spiro atoms. The molecule has 2 aromatic rings. The number of carbonyl (C=O) groups is 3. The molecule has 182 valence electrons. The monoisotopic (exact) mass is 474 g/mol. The van der Waals surface area contributed by atoms with Crippen molar-refractivity contribution < 1.29 is 24.2 Å². The van der Waals surface area contributed by atoms with E-state index < -0.39 is 18.0 Å². The van der Waals surface area contributed by atoms with Gasteiger partial charge < -0.3 is 20.5 Å². The first-order chi connectivity index (χ1) is 17.0. The summed E-state index contributed by atoms with van der Waals surface area (Å²) in [5, 5.41) is 15.1. The lowest BCUT2D eigenvalue weighted by molar-refractivity contribution is -0.143. The molecule has 3 atom stereocenters. The van der Waals surface area contributed by atoms with Gasteiger partial charge in [0.1, 0.15) is 6.61 Å². The molecule has 0 radical (unpaired) electrons. The Labute approximate surface area is 204 Å². The van der Waals surface area contributed by atoms with E-state index in [4.69, 9.17) is 4.74 Å². The molecule has 5 rings (SSSR count). The van der Waals surface area contributed by atoms with E-state index in [1.165, 1.54) is 11.1 Å². The van der Waals surface area contributed by atoms with Gasteiger partial charge in [0.2, 0.25) is 5.91 Å². The Balaban J connectivity index is 1.11. The van der Waals surface area contributed by atoms with Crippen molar-refractivity contribution in [3.05, 3.63) is 71.3 Å². The molecule has 3 aliphatic carbocycles. The SMILES string of the molecule is O=C(NC1CC=C(C(=O)N[C@@H]2CCC[C@@H](C(=O)O)C2)C1)OCC1c2ccccc2-c2ccccc21. The van der Waals surface area contributed by atoms with Gasteiger partial charge in [0, 0.05) is 23.6 Å². The van der Waals surface area contributed by atoms with E-state index in [1.807, 2.05) is 30.3 Å². The zero-order valence-corrected chi connectivity index (χ0v) is 19.5. The van der Waals surface area contributed by atoms with Gasteiger partial charge in [-0.25, -0.2) is 4.79 Å². The van der Waals surface area contributed by atoms with Gasteiger partial charge in [-0.2, -0.15) is 0 Å². The number of aliphatic carboxylic acids is 1. The van der Waals surface area contributed by atoms with E-state index in [0.29, 0.717) is 31.3 Å². The van der Waals surface area contributed by atoms with Gasteiger partial charge in [-0.3, -0.25) is 9.59 Å². The van der Waals surface area contributed by atoms with Crippen molar-refractivity contribution in [1.82, 2.24) is 10.6 Å². The smallest absolute Gasteiger partial charge is 0.407 e. The van der Waals surface area contributed by atoms with Crippen LogP contribution in [0.3, 0.4) is 0 Å². The number of nitrogens with one attached hydrogen (secondary N) is 2. The summed E-state index contributed by atoms with van der Waals surface area (Å²) in [6.45, 7) is 0.250. The Hall–Kier alpha value is -3.61. The summed E-state index contributed by atoms with van der Waals surface area (Å²) >= 11 is 0. The maximum Gasteiger partial charge on any atom is 0.407 e. The van der Waals surface area contributed by atoms with Crippen molar-refractivity contribution in [3.63, 3.8) is 0 Å². The number of carboxylic acids is 1. The van der Waals surface area contributed by atoms with Crippen molar-refractivity contribution in [3.8, 4) is 11.1 Å². The van der Waals surface area contributed by atoms with Crippen LogP contribution in [0.4, 0.5) is 4.79 Å². The van der Waals surface area contributed by atoms with Crippen LogP contribution in [0, 0.1) is 5.92 Å². The molecule has 0 bridgehead atoms. The summed E-state index contributed by atoms with van der Waals surface area (Å²) in [5.41, 5.74) is 5.32. The Kier molecular flexibility index (Phi) is 6.57. The molecular weight excluding hydrogens is 444 g/mol. The third-order valence-corrected chi connectivity index (χ3v) is 7.43. The number of hydrogen-bond acceptors (Lipinski definition) is 4. The molecule has 2 aromatic carbocycles. The average Bonchev–Trinajstić information content (AvgIpc) is 3.46. The Bertz CT molecular complexity index is 1130. The van der Waals surface area contributed by atoms with Crippen LogP contribution in [0.1, 0.15) is 55.6 Å². The summed E-state index contributed by atoms with van der Waals surface area (Å²) in [5.74, 6) is -1.36. The third-order valence-electron chi connectivity index (χ3n) is 7.43. The summed E-state index contributed by atoms with van der Waals surface area (Å²) in [6, 6.07) is 16.1. The fraction of sp³-hybridized carbons (Fsp3) is 0.393. The molecule has 0 aliphatic heterocycles. The van der Waals surface area contributed by atoms with Crippen LogP contribution in [0.2, 0.25) is 0 Å². The summed E-state index contributed by atoms with van der Waals surface area (Å²) < 4.78 is 5.62. The highest BCUT2D eigenvalue weighted by Crippen LogP contribution is 2.44. The first kappa shape index (κ1) is 23.1. The van der Waals surface area contributed by atoms with E-state index in [9.17, 15) is 19.5 Å². The number of ether oxygens (including phenoxy) is 1. The second-order valence-electron chi connectivity index (χ2n) is 9.71. The lowest BCUT2D eigenvalue weighted by Crippen LogP contribution is -2.41. The quantitative estimate of drug-likeness (QED) is 0.577. The van der Waals surface area contributed by atoms with E-state index in [1.54, 1.807) is 0 Å². The van der Waals surface area contributed by atoms with Crippen LogP contribution in [-0.2, 0) is 14.3 Å². The normalized spacial score (nSPS) is 23.1. The zero-order valence-electron chi connectivity index (χ0n) is 19.5. The molecule has 7 nitrogen and oxygen atoms in total. The van der Waals surface area contributed by atoms with E-state index >= 15 is 0 Å². The second-order valence-corrected chi connectivity index (χ2v) is 9.71. The van der Waals surface area contributed by atoms with Crippen LogP contribution < -0.4 is 10.6 Å². The maximum absolute atomic E-state index is 12.7. The number of rotatable bonds is 6. The number of hydrogen-bond donors (Lipinski definition) is 3. The van der Waals surface area contributed by atoms with Gasteiger partial charge >= 0.3 is 12.1 Å². The lowest BCUT2D eigenvalue weighted by Gasteiger charge is -2.27. The third kappa shape index (κ3) is 4.94. The van der Waals surface area contributed by atoms with Crippen LogP contribution in [-0.4, -0.2) is 41.8 Å². The molecule has 2 amide bonds. The highest BCUT2D eigenvalue weighted by molar-refractivity contribution is 5.94. The molecule has 1 fully saturated rings. The maximum atomic E-state index is 12.7. The van der Waals surface area contributed by atoms with Crippen molar-refractivity contribution in [1.29, 1.82) is 0 Å². The molecule has 0 aromatic heterocycles. The predicted octanol–water partition coefficient (Wildman–Crippen LogP) is 4.37. The van der Waals surface area contributed by atoms with Gasteiger partial charge in [0.05, 0.1) is 5.92 Å².